The van der Waals surface area contributed by atoms with E-state index in [1.807, 2.05) is 6.92 Å². The number of hydrogen-bond donors (Lipinski definition) is 1. The van der Waals surface area contributed by atoms with E-state index in [0.717, 1.165) is 37.3 Å². The molecule has 0 aliphatic carbocycles. The number of benzene rings is 1. The Morgan fingerprint density at radius 1 is 1.20 bits per heavy atom. The minimum absolute atomic E-state index is 0.325. The lowest BCUT2D eigenvalue weighted by atomic mass is 10.1. The molecule has 0 fully saturated rings. The molecule has 20 heavy (non-hydrogen) atoms. The molecule has 0 unspecified atom stereocenters. The maximum Gasteiger partial charge on any atom is 0.0705 e. The predicted molar refractivity (Wildman–Crippen MR) is 83.9 cm³/mol. The number of nitrogens with zero attached hydrogens (tertiary/aromatic N) is 1. The van der Waals surface area contributed by atoms with Gasteiger partial charge in [0.05, 0.1) is 11.6 Å². The van der Waals surface area contributed by atoms with Gasteiger partial charge in [-0.25, -0.2) is 0 Å². The molecule has 0 saturated carbocycles. The second-order valence-electron chi connectivity index (χ2n) is 5.43. The molecule has 3 nitrogen and oxygen atoms in total. The van der Waals surface area contributed by atoms with Crippen molar-refractivity contribution >= 4 is 10.9 Å². The number of aromatic nitrogens is 1. The zero-order chi connectivity index (χ0) is 14.4. The Morgan fingerprint density at radius 3 is 2.85 bits per heavy atom. The Morgan fingerprint density at radius 2 is 2.05 bits per heavy atom. The van der Waals surface area contributed by atoms with E-state index in [0.29, 0.717) is 6.10 Å². The van der Waals surface area contributed by atoms with Crippen molar-refractivity contribution in [2.45, 2.75) is 39.8 Å². The fraction of sp³-hybridized carbons (Fsp3) is 0.471. The monoisotopic (exact) mass is 272 g/mol. The van der Waals surface area contributed by atoms with E-state index in [1.54, 1.807) is 0 Å². The van der Waals surface area contributed by atoms with Crippen LogP contribution in [0.25, 0.3) is 10.9 Å². The van der Waals surface area contributed by atoms with Gasteiger partial charge >= 0.3 is 0 Å². The zero-order valence-corrected chi connectivity index (χ0v) is 12.6. The largest absolute Gasteiger partial charge is 0.379 e. The van der Waals surface area contributed by atoms with Crippen LogP contribution in [0, 0.1) is 6.92 Å². The van der Waals surface area contributed by atoms with Crippen LogP contribution in [0.15, 0.2) is 30.3 Å². The first-order chi connectivity index (χ1) is 9.65. The van der Waals surface area contributed by atoms with Gasteiger partial charge in [-0.2, -0.15) is 0 Å². The number of rotatable bonds is 7. The zero-order valence-electron chi connectivity index (χ0n) is 12.6. The summed E-state index contributed by atoms with van der Waals surface area (Å²) in [4.78, 5) is 4.52. The second kappa shape index (κ2) is 7.36. The van der Waals surface area contributed by atoms with Crippen molar-refractivity contribution in [3.8, 4) is 0 Å². The number of fused-ring (bicyclic) bond motifs is 1. The summed E-state index contributed by atoms with van der Waals surface area (Å²) in [6, 6.07) is 10.6. The molecule has 0 bridgehead atoms. The smallest absolute Gasteiger partial charge is 0.0705 e. The van der Waals surface area contributed by atoms with Gasteiger partial charge in [-0.3, -0.25) is 4.98 Å². The van der Waals surface area contributed by atoms with Crippen LogP contribution < -0.4 is 5.32 Å². The lowest BCUT2D eigenvalue weighted by Crippen LogP contribution is -2.17. The van der Waals surface area contributed by atoms with E-state index < -0.39 is 0 Å². The van der Waals surface area contributed by atoms with E-state index in [-0.39, 0.29) is 0 Å². The third kappa shape index (κ3) is 4.58. The summed E-state index contributed by atoms with van der Waals surface area (Å²) >= 11 is 0. The van der Waals surface area contributed by atoms with Gasteiger partial charge < -0.3 is 10.1 Å². The minimum Gasteiger partial charge on any atom is -0.379 e. The Bertz CT molecular complexity index is 552. The highest BCUT2D eigenvalue weighted by Gasteiger charge is 1.99. The van der Waals surface area contributed by atoms with E-state index in [9.17, 15) is 0 Å². The van der Waals surface area contributed by atoms with Gasteiger partial charge in [-0.15, -0.1) is 0 Å². The summed E-state index contributed by atoms with van der Waals surface area (Å²) < 4.78 is 5.51. The fourth-order valence-electron chi connectivity index (χ4n) is 2.14. The Balaban J connectivity index is 1.80. The highest BCUT2D eigenvalue weighted by atomic mass is 16.5. The number of nitrogens with one attached hydrogen (secondary N) is 1. The Labute approximate surface area is 121 Å². The van der Waals surface area contributed by atoms with Crippen molar-refractivity contribution in [1.82, 2.24) is 10.3 Å². The molecule has 0 atom stereocenters. The maximum absolute atomic E-state index is 5.51. The summed E-state index contributed by atoms with van der Waals surface area (Å²) in [7, 11) is 0. The van der Waals surface area contributed by atoms with E-state index >= 15 is 0 Å². The first-order valence-corrected chi connectivity index (χ1v) is 7.34. The Kier molecular flexibility index (Phi) is 5.50. The van der Waals surface area contributed by atoms with Gasteiger partial charge in [0.15, 0.2) is 0 Å². The average Bonchev–Trinajstić information content (AvgIpc) is 2.42. The number of ether oxygens (including phenoxy) is 1. The van der Waals surface area contributed by atoms with Crippen LogP contribution in [-0.2, 0) is 11.3 Å². The van der Waals surface area contributed by atoms with Crippen LogP contribution in [-0.4, -0.2) is 24.2 Å². The molecule has 2 rings (SSSR count). The quantitative estimate of drug-likeness (QED) is 0.784. The van der Waals surface area contributed by atoms with Crippen molar-refractivity contribution in [3.63, 3.8) is 0 Å². The van der Waals surface area contributed by atoms with Crippen LogP contribution in [0.3, 0.4) is 0 Å². The standard InChI is InChI=1S/C17H24N2O/c1-13(2)20-10-4-9-18-12-15-6-8-17-16(11-15)7-5-14(3)19-17/h5-8,11,13,18H,4,9-10,12H2,1-3H3. The summed E-state index contributed by atoms with van der Waals surface area (Å²) in [6.07, 6.45) is 1.37. The van der Waals surface area contributed by atoms with Crippen molar-refractivity contribution in [1.29, 1.82) is 0 Å². The first-order valence-electron chi connectivity index (χ1n) is 7.34. The molecule has 108 valence electrons. The molecule has 1 N–H and O–H groups in total. The maximum atomic E-state index is 5.51. The highest BCUT2D eigenvalue weighted by molar-refractivity contribution is 5.79. The molecule has 0 spiro atoms. The number of pyridine rings is 1. The first kappa shape index (κ1) is 14.9. The van der Waals surface area contributed by atoms with Gasteiger partial charge in [-0.1, -0.05) is 12.1 Å². The second-order valence-corrected chi connectivity index (χ2v) is 5.43. The van der Waals surface area contributed by atoms with Crippen molar-refractivity contribution < 1.29 is 4.74 Å². The summed E-state index contributed by atoms with van der Waals surface area (Å²) in [6.45, 7) is 8.86. The van der Waals surface area contributed by atoms with Gasteiger partial charge in [0.2, 0.25) is 0 Å². The van der Waals surface area contributed by atoms with Gasteiger partial charge in [-0.05, 0) is 57.5 Å². The molecule has 1 aromatic carbocycles. The molecular formula is C17H24N2O. The lowest BCUT2D eigenvalue weighted by Gasteiger charge is -2.08. The summed E-state index contributed by atoms with van der Waals surface area (Å²) in [5.41, 5.74) is 3.43. The van der Waals surface area contributed by atoms with E-state index in [4.69, 9.17) is 4.74 Å². The SMILES string of the molecule is Cc1ccc2cc(CNCCCOC(C)C)ccc2n1. The van der Waals surface area contributed by atoms with Crippen LogP contribution in [0.5, 0.6) is 0 Å². The molecule has 3 heteroatoms. The van der Waals surface area contributed by atoms with E-state index in [2.05, 4.69) is 54.5 Å². The van der Waals surface area contributed by atoms with Gasteiger partial charge in [0, 0.05) is 24.2 Å². The van der Waals surface area contributed by atoms with Crippen LogP contribution in [0.4, 0.5) is 0 Å². The molecule has 0 amide bonds. The topological polar surface area (TPSA) is 34.1 Å². The average molecular weight is 272 g/mol. The number of aryl methyl sites for hydroxylation is 1. The van der Waals surface area contributed by atoms with Crippen molar-refractivity contribution in [2.75, 3.05) is 13.2 Å². The number of hydrogen-bond acceptors (Lipinski definition) is 3. The van der Waals surface area contributed by atoms with Gasteiger partial charge in [0.1, 0.15) is 0 Å². The molecule has 0 aliphatic heterocycles. The molecule has 0 aliphatic rings. The molecule has 0 saturated heterocycles. The molecular weight excluding hydrogens is 248 g/mol. The lowest BCUT2D eigenvalue weighted by molar-refractivity contribution is 0.0770. The summed E-state index contributed by atoms with van der Waals surface area (Å²) in [5, 5.41) is 4.66. The minimum atomic E-state index is 0.325. The van der Waals surface area contributed by atoms with Crippen LogP contribution in [0.1, 0.15) is 31.5 Å². The third-order valence-electron chi connectivity index (χ3n) is 3.17. The third-order valence-corrected chi connectivity index (χ3v) is 3.17. The molecule has 0 radical (unpaired) electrons. The van der Waals surface area contributed by atoms with Crippen LogP contribution in [0.2, 0.25) is 0 Å². The fourth-order valence-corrected chi connectivity index (χ4v) is 2.14. The summed E-state index contributed by atoms with van der Waals surface area (Å²) in [5.74, 6) is 0. The Hall–Kier alpha value is -1.45. The van der Waals surface area contributed by atoms with Gasteiger partial charge in [0.25, 0.3) is 0 Å². The molecule has 2 aromatic rings. The molecule has 1 heterocycles. The van der Waals surface area contributed by atoms with Crippen LogP contribution >= 0.6 is 0 Å². The highest BCUT2D eigenvalue weighted by Crippen LogP contribution is 2.14. The van der Waals surface area contributed by atoms with Crippen molar-refractivity contribution in [3.05, 3.63) is 41.6 Å². The van der Waals surface area contributed by atoms with Crippen molar-refractivity contribution in [2.24, 2.45) is 0 Å². The normalized spacial score (nSPS) is 11.4. The molecule has 1 aromatic heterocycles. The predicted octanol–water partition coefficient (Wildman–Crippen LogP) is 3.45. The van der Waals surface area contributed by atoms with E-state index in [1.165, 1.54) is 10.9 Å².